The lowest BCUT2D eigenvalue weighted by Gasteiger charge is -2.30. The van der Waals surface area contributed by atoms with Crippen molar-refractivity contribution in [3.63, 3.8) is 0 Å². The summed E-state index contributed by atoms with van der Waals surface area (Å²) in [5.74, 6) is 0. The summed E-state index contributed by atoms with van der Waals surface area (Å²) >= 11 is 0. The third kappa shape index (κ3) is 2.27. The molecule has 2 aliphatic heterocycles. The quantitative estimate of drug-likeness (QED) is 0.699. The molecule has 82 valence electrons. The van der Waals surface area contributed by atoms with Crippen LogP contribution in [-0.4, -0.2) is 38.4 Å². The number of rotatable bonds is 4. The highest BCUT2D eigenvalue weighted by atomic mass is 16.5. The summed E-state index contributed by atoms with van der Waals surface area (Å²) in [5.41, 5.74) is 0.484. The Morgan fingerprint density at radius 1 is 1.43 bits per heavy atom. The fraction of sp³-hybridized carbons (Fsp3) is 1.00. The monoisotopic (exact) mass is 198 g/mol. The zero-order chi connectivity index (χ0) is 10.0. The molecule has 0 radical (unpaired) electrons. The lowest BCUT2D eigenvalue weighted by Crippen LogP contribution is -2.47. The van der Waals surface area contributed by atoms with Gasteiger partial charge in [-0.05, 0) is 31.3 Å². The Labute approximate surface area is 86.6 Å². The predicted octanol–water partition coefficient (Wildman–Crippen LogP) is 0.753. The average molecular weight is 198 g/mol. The van der Waals surface area contributed by atoms with E-state index < -0.39 is 0 Å². The van der Waals surface area contributed by atoms with Crippen LogP contribution in [0.1, 0.15) is 26.7 Å². The largest absolute Gasteiger partial charge is 0.378 e. The van der Waals surface area contributed by atoms with Crippen molar-refractivity contribution in [2.45, 2.75) is 38.8 Å². The van der Waals surface area contributed by atoms with Gasteiger partial charge in [-0.2, -0.15) is 0 Å². The fourth-order valence-corrected chi connectivity index (χ4v) is 2.30. The molecular weight excluding hydrogens is 176 g/mol. The van der Waals surface area contributed by atoms with E-state index >= 15 is 0 Å². The summed E-state index contributed by atoms with van der Waals surface area (Å²) in [6.45, 7) is 8.84. The van der Waals surface area contributed by atoms with Crippen molar-refractivity contribution in [2.24, 2.45) is 5.41 Å². The first-order chi connectivity index (χ1) is 6.68. The predicted molar refractivity (Wildman–Crippen MR) is 57.4 cm³/mol. The van der Waals surface area contributed by atoms with Crippen molar-refractivity contribution in [1.29, 1.82) is 0 Å². The highest BCUT2D eigenvalue weighted by Gasteiger charge is 2.33. The summed E-state index contributed by atoms with van der Waals surface area (Å²) < 4.78 is 5.12. The molecule has 2 N–H and O–H groups in total. The van der Waals surface area contributed by atoms with E-state index in [1.54, 1.807) is 0 Å². The number of hydrogen-bond acceptors (Lipinski definition) is 3. The van der Waals surface area contributed by atoms with Gasteiger partial charge in [0, 0.05) is 6.04 Å². The molecule has 14 heavy (non-hydrogen) atoms. The maximum atomic E-state index is 5.12. The number of ether oxygens (including phenoxy) is 1. The third-order valence-corrected chi connectivity index (χ3v) is 3.61. The lowest BCUT2D eigenvalue weighted by atomic mass is 9.83. The van der Waals surface area contributed by atoms with Gasteiger partial charge in [0.25, 0.3) is 0 Å². The lowest BCUT2D eigenvalue weighted by molar-refractivity contribution is -0.00540. The van der Waals surface area contributed by atoms with Crippen LogP contribution in [0.4, 0.5) is 0 Å². The molecule has 3 nitrogen and oxygen atoms in total. The van der Waals surface area contributed by atoms with E-state index in [4.69, 9.17) is 4.74 Å². The molecule has 0 aromatic carbocycles. The van der Waals surface area contributed by atoms with Gasteiger partial charge < -0.3 is 15.4 Å². The molecule has 2 saturated heterocycles. The van der Waals surface area contributed by atoms with Crippen molar-refractivity contribution in [3.8, 4) is 0 Å². The van der Waals surface area contributed by atoms with Gasteiger partial charge in [-0.1, -0.05) is 13.8 Å². The van der Waals surface area contributed by atoms with E-state index in [1.807, 2.05) is 0 Å². The molecule has 1 unspecified atom stereocenters. The second kappa shape index (κ2) is 4.17. The van der Waals surface area contributed by atoms with Crippen LogP contribution >= 0.6 is 0 Å². The summed E-state index contributed by atoms with van der Waals surface area (Å²) in [7, 11) is 0. The van der Waals surface area contributed by atoms with Gasteiger partial charge in [-0.15, -0.1) is 0 Å². The van der Waals surface area contributed by atoms with Crippen LogP contribution in [0.15, 0.2) is 0 Å². The van der Waals surface area contributed by atoms with Gasteiger partial charge in [-0.3, -0.25) is 0 Å². The highest BCUT2D eigenvalue weighted by molar-refractivity contribution is 4.91. The van der Waals surface area contributed by atoms with E-state index in [2.05, 4.69) is 24.5 Å². The zero-order valence-corrected chi connectivity index (χ0v) is 9.31. The van der Waals surface area contributed by atoms with E-state index in [9.17, 15) is 0 Å². The molecule has 0 amide bonds. The van der Waals surface area contributed by atoms with Crippen molar-refractivity contribution >= 4 is 0 Å². The third-order valence-electron chi connectivity index (χ3n) is 3.61. The molecule has 2 rings (SSSR count). The molecule has 3 heteroatoms. The first-order valence-corrected chi connectivity index (χ1v) is 5.73. The maximum absolute atomic E-state index is 5.12. The molecule has 0 spiro atoms. The first kappa shape index (κ1) is 10.4. The van der Waals surface area contributed by atoms with Crippen LogP contribution in [0.3, 0.4) is 0 Å². The molecule has 0 saturated carbocycles. The van der Waals surface area contributed by atoms with Gasteiger partial charge in [0.05, 0.1) is 19.3 Å². The molecule has 0 aliphatic carbocycles. The Balaban J connectivity index is 1.64. The number of nitrogens with one attached hydrogen (secondary N) is 2. The van der Waals surface area contributed by atoms with Gasteiger partial charge in [0.2, 0.25) is 0 Å². The summed E-state index contributed by atoms with van der Waals surface area (Å²) in [6, 6.07) is 1.32. The second-order valence-corrected chi connectivity index (χ2v) is 5.22. The van der Waals surface area contributed by atoms with Crippen molar-refractivity contribution < 1.29 is 4.74 Å². The van der Waals surface area contributed by atoms with Gasteiger partial charge in [-0.25, -0.2) is 0 Å². The molecule has 1 atom stereocenters. The van der Waals surface area contributed by atoms with Crippen molar-refractivity contribution in [1.82, 2.24) is 10.6 Å². The zero-order valence-electron chi connectivity index (χ0n) is 9.31. The smallest absolute Gasteiger partial charge is 0.0643 e. The van der Waals surface area contributed by atoms with Crippen LogP contribution in [-0.2, 0) is 4.74 Å². The highest BCUT2D eigenvalue weighted by Crippen LogP contribution is 2.31. The fourth-order valence-electron chi connectivity index (χ4n) is 2.30. The standard InChI is InChI=1S/C11H22N2O/c1-11(2)4-6-13-10(11)3-5-12-9-7-14-8-9/h9-10,12-13H,3-8H2,1-2H3. The van der Waals surface area contributed by atoms with Gasteiger partial charge in [0.1, 0.15) is 0 Å². The van der Waals surface area contributed by atoms with Crippen LogP contribution in [0.2, 0.25) is 0 Å². The average Bonchev–Trinajstić information content (AvgIpc) is 2.36. The molecule has 2 aliphatic rings. The first-order valence-electron chi connectivity index (χ1n) is 5.73. The molecular formula is C11H22N2O. The molecule has 0 bridgehead atoms. The Bertz CT molecular complexity index is 190. The van der Waals surface area contributed by atoms with E-state index in [0.717, 1.165) is 19.8 Å². The minimum absolute atomic E-state index is 0.484. The van der Waals surface area contributed by atoms with Gasteiger partial charge >= 0.3 is 0 Å². The van der Waals surface area contributed by atoms with E-state index in [0.29, 0.717) is 17.5 Å². The Morgan fingerprint density at radius 2 is 2.21 bits per heavy atom. The van der Waals surface area contributed by atoms with Crippen LogP contribution in [0.25, 0.3) is 0 Å². The van der Waals surface area contributed by atoms with Crippen molar-refractivity contribution in [2.75, 3.05) is 26.3 Å². The summed E-state index contributed by atoms with van der Waals surface area (Å²) in [4.78, 5) is 0. The van der Waals surface area contributed by atoms with E-state index in [1.165, 1.54) is 19.4 Å². The maximum Gasteiger partial charge on any atom is 0.0643 e. The van der Waals surface area contributed by atoms with Gasteiger partial charge in [0.15, 0.2) is 0 Å². The normalized spacial score (nSPS) is 31.7. The Hall–Kier alpha value is -0.120. The summed E-state index contributed by atoms with van der Waals surface area (Å²) in [6.07, 6.45) is 2.55. The van der Waals surface area contributed by atoms with Crippen LogP contribution in [0.5, 0.6) is 0 Å². The van der Waals surface area contributed by atoms with Crippen LogP contribution < -0.4 is 10.6 Å². The summed E-state index contributed by atoms with van der Waals surface area (Å²) in [5, 5.41) is 7.10. The van der Waals surface area contributed by atoms with Crippen LogP contribution in [0, 0.1) is 5.41 Å². The van der Waals surface area contributed by atoms with Crippen molar-refractivity contribution in [3.05, 3.63) is 0 Å². The molecule has 0 aromatic rings. The SMILES string of the molecule is CC1(C)CCNC1CCNC1COC1. The Kier molecular flexibility index (Phi) is 3.10. The van der Waals surface area contributed by atoms with E-state index in [-0.39, 0.29) is 0 Å². The minimum Gasteiger partial charge on any atom is -0.378 e. The molecule has 2 heterocycles. The minimum atomic E-state index is 0.484. The molecule has 0 aromatic heterocycles. The molecule has 2 fully saturated rings. The number of hydrogen-bond donors (Lipinski definition) is 2. The topological polar surface area (TPSA) is 33.3 Å². The second-order valence-electron chi connectivity index (χ2n) is 5.22. The Morgan fingerprint density at radius 3 is 2.71 bits per heavy atom.